The summed E-state index contributed by atoms with van der Waals surface area (Å²) in [4.78, 5) is 21.2. The Morgan fingerprint density at radius 3 is 2.70 bits per heavy atom. The molecule has 2 aromatic heterocycles. The number of imidazole rings is 1. The van der Waals surface area contributed by atoms with Crippen molar-refractivity contribution in [1.82, 2.24) is 14.5 Å². The Bertz CT molecular complexity index is 1240. The number of carbonyl (C=O) groups is 1. The predicted molar refractivity (Wildman–Crippen MR) is 122 cm³/mol. The van der Waals surface area contributed by atoms with Crippen LogP contribution in [0.4, 0.5) is 17.5 Å². The predicted octanol–water partition coefficient (Wildman–Crippen LogP) is 5.17. The highest BCUT2D eigenvalue weighted by molar-refractivity contribution is 9.10. The molecule has 8 heteroatoms. The monoisotopic (exact) mass is 465 g/mol. The van der Waals surface area contributed by atoms with Crippen molar-refractivity contribution in [2.45, 2.75) is 6.92 Å². The van der Waals surface area contributed by atoms with E-state index in [2.05, 4.69) is 32.3 Å². The molecule has 4 rings (SSSR count). The van der Waals surface area contributed by atoms with Crippen molar-refractivity contribution in [2.75, 3.05) is 17.3 Å². The van der Waals surface area contributed by atoms with Crippen LogP contribution in [0.3, 0.4) is 0 Å². The number of ether oxygens (including phenoxy) is 1. The van der Waals surface area contributed by atoms with E-state index in [4.69, 9.17) is 9.72 Å². The summed E-state index contributed by atoms with van der Waals surface area (Å²) < 4.78 is 9.03. The Kier molecular flexibility index (Phi) is 5.41. The standard InChI is InChI=1S/C22H20BrN5O2/c1-14-10-15(4-6-18(14)23)25-22-26-19-11-16(5-7-20(19)28(22)3)30-17-8-9-24-21(12-17)27(2)13-29/h4-13H,1-3H3,(H,25,26). The van der Waals surface area contributed by atoms with Crippen LogP contribution in [0.25, 0.3) is 11.0 Å². The van der Waals surface area contributed by atoms with Crippen molar-refractivity contribution in [3.05, 3.63) is 64.8 Å². The average Bonchev–Trinajstić information content (AvgIpc) is 3.05. The largest absolute Gasteiger partial charge is 0.457 e. The van der Waals surface area contributed by atoms with E-state index in [9.17, 15) is 4.79 Å². The van der Waals surface area contributed by atoms with E-state index < -0.39 is 0 Å². The van der Waals surface area contributed by atoms with Crippen molar-refractivity contribution in [1.29, 1.82) is 0 Å². The fraction of sp³-hybridized carbons (Fsp3) is 0.136. The van der Waals surface area contributed by atoms with Gasteiger partial charge in [0, 0.05) is 42.6 Å². The van der Waals surface area contributed by atoms with Gasteiger partial charge in [0.05, 0.1) is 11.0 Å². The molecule has 30 heavy (non-hydrogen) atoms. The van der Waals surface area contributed by atoms with Gasteiger partial charge in [-0.15, -0.1) is 0 Å². The Balaban J connectivity index is 1.60. The number of aryl methyl sites for hydroxylation is 2. The number of benzene rings is 2. The zero-order chi connectivity index (χ0) is 21.3. The maximum absolute atomic E-state index is 10.9. The first-order chi connectivity index (χ1) is 14.4. The van der Waals surface area contributed by atoms with Gasteiger partial charge in [0.25, 0.3) is 0 Å². The lowest BCUT2D eigenvalue weighted by Crippen LogP contribution is -2.14. The number of pyridine rings is 1. The Labute approximate surface area is 182 Å². The van der Waals surface area contributed by atoms with Crippen molar-refractivity contribution in [3.8, 4) is 11.5 Å². The van der Waals surface area contributed by atoms with Gasteiger partial charge in [-0.1, -0.05) is 15.9 Å². The molecule has 0 saturated heterocycles. The van der Waals surface area contributed by atoms with E-state index in [0.717, 1.165) is 32.7 Å². The molecule has 0 aliphatic rings. The number of hydrogen-bond acceptors (Lipinski definition) is 5. The van der Waals surface area contributed by atoms with Crippen LogP contribution in [-0.2, 0) is 11.8 Å². The lowest BCUT2D eigenvalue weighted by atomic mass is 10.2. The number of rotatable bonds is 6. The Hall–Kier alpha value is -3.39. The number of carbonyl (C=O) groups excluding carboxylic acids is 1. The first-order valence-corrected chi connectivity index (χ1v) is 10.1. The molecule has 0 atom stereocenters. The summed E-state index contributed by atoms with van der Waals surface area (Å²) in [7, 11) is 3.61. The molecule has 7 nitrogen and oxygen atoms in total. The van der Waals surface area contributed by atoms with Gasteiger partial charge >= 0.3 is 0 Å². The van der Waals surface area contributed by atoms with Gasteiger partial charge in [-0.25, -0.2) is 9.97 Å². The van der Waals surface area contributed by atoms with E-state index in [0.29, 0.717) is 23.7 Å². The van der Waals surface area contributed by atoms with Gasteiger partial charge in [-0.05, 0) is 48.9 Å². The second-order valence-corrected chi connectivity index (χ2v) is 7.76. The Morgan fingerprint density at radius 2 is 1.93 bits per heavy atom. The van der Waals surface area contributed by atoms with Crippen molar-refractivity contribution < 1.29 is 9.53 Å². The van der Waals surface area contributed by atoms with Gasteiger partial charge in [-0.3, -0.25) is 4.79 Å². The average molecular weight is 466 g/mol. The molecule has 0 aliphatic heterocycles. The van der Waals surface area contributed by atoms with E-state index in [1.54, 1.807) is 25.4 Å². The third-order valence-electron chi connectivity index (χ3n) is 4.74. The number of hydrogen-bond donors (Lipinski definition) is 1. The van der Waals surface area contributed by atoms with Crippen molar-refractivity contribution in [2.24, 2.45) is 7.05 Å². The summed E-state index contributed by atoms with van der Waals surface area (Å²) in [5.41, 5.74) is 3.90. The van der Waals surface area contributed by atoms with Crippen LogP contribution in [0, 0.1) is 6.92 Å². The summed E-state index contributed by atoms with van der Waals surface area (Å²) in [5, 5.41) is 3.37. The van der Waals surface area contributed by atoms with Crippen LogP contribution in [0.15, 0.2) is 59.2 Å². The summed E-state index contributed by atoms with van der Waals surface area (Å²) in [5.74, 6) is 2.49. The molecule has 0 aliphatic carbocycles. The van der Waals surface area contributed by atoms with Crippen LogP contribution >= 0.6 is 15.9 Å². The SMILES string of the molecule is Cc1cc(Nc2nc3cc(Oc4ccnc(N(C)C=O)c4)ccc3n2C)ccc1Br. The van der Waals surface area contributed by atoms with Gasteiger partial charge in [0.15, 0.2) is 0 Å². The molecule has 2 aromatic carbocycles. The van der Waals surface area contributed by atoms with Crippen LogP contribution in [0.1, 0.15) is 5.56 Å². The van der Waals surface area contributed by atoms with Gasteiger partial charge in [-0.2, -0.15) is 0 Å². The van der Waals surface area contributed by atoms with Gasteiger partial charge < -0.3 is 19.5 Å². The molecule has 4 aromatic rings. The summed E-state index contributed by atoms with van der Waals surface area (Å²) in [6, 6.07) is 15.3. The molecular weight excluding hydrogens is 446 g/mol. The topological polar surface area (TPSA) is 72.3 Å². The number of nitrogens with zero attached hydrogens (tertiary/aromatic N) is 4. The molecule has 0 unspecified atom stereocenters. The fourth-order valence-corrected chi connectivity index (χ4v) is 3.30. The second-order valence-electron chi connectivity index (χ2n) is 6.90. The van der Waals surface area contributed by atoms with Crippen LogP contribution < -0.4 is 15.0 Å². The third-order valence-corrected chi connectivity index (χ3v) is 5.63. The molecule has 1 N–H and O–H groups in total. The molecule has 152 valence electrons. The summed E-state index contributed by atoms with van der Waals surface area (Å²) >= 11 is 3.52. The zero-order valence-corrected chi connectivity index (χ0v) is 18.3. The second kappa shape index (κ2) is 8.16. The van der Waals surface area contributed by atoms with Crippen molar-refractivity contribution >= 4 is 50.8 Å². The molecule has 0 fully saturated rings. The molecule has 0 radical (unpaired) electrons. The number of amides is 1. The van der Waals surface area contributed by atoms with Crippen molar-refractivity contribution in [3.63, 3.8) is 0 Å². The minimum atomic E-state index is 0.512. The highest BCUT2D eigenvalue weighted by atomic mass is 79.9. The zero-order valence-electron chi connectivity index (χ0n) is 16.8. The van der Waals surface area contributed by atoms with E-state index in [1.807, 2.05) is 48.9 Å². The molecule has 0 saturated carbocycles. The minimum Gasteiger partial charge on any atom is -0.457 e. The van der Waals surface area contributed by atoms with Gasteiger partial charge in [0.1, 0.15) is 17.3 Å². The van der Waals surface area contributed by atoms with E-state index in [1.165, 1.54) is 4.90 Å². The molecule has 0 bridgehead atoms. The molecule has 0 spiro atoms. The van der Waals surface area contributed by atoms with Crippen LogP contribution in [-0.4, -0.2) is 28.0 Å². The highest BCUT2D eigenvalue weighted by Gasteiger charge is 2.11. The number of nitrogens with one attached hydrogen (secondary N) is 1. The third kappa shape index (κ3) is 3.99. The Morgan fingerprint density at radius 1 is 1.13 bits per heavy atom. The quantitative estimate of drug-likeness (QED) is 0.397. The smallest absolute Gasteiger partial charge is 0.215 e. The summed E-state index contributed by atoms with van der Waals surface area (Å²) in [6.07, 6.45) is 2.31. The molecular formula is C22H20BrN5O2. The molecule has 2 heterocycles. The van der Waals surface area contributed by atoms with Crippen LogP contribution in [0.2, 0.25) is 0 Å². The van der Waals surface area contributed by atoms with E-state index in [-0.39, 0.29) is 0 Å². The fourth-order valence-electron chi connectivity index (χ4n) is 3.05. The normalized spacial score (nSPS) is 10.8. The summed E-state index contributed by atoms with van der Waals surface area (Å²) in [6.45, 7) is 2.05. The first kappa shape index (κ1) is 19.9. The van der Waals surface area contributed by atoms with Gasteiger partial charge in [0.2, 0.25) is 12.4 Å². The number of fused-ring (bicyclic) bond motifs is 1. The maximum Gasteiger partial charge on any atom is 0.215 e. The lowest BCUT2D eigenvalue weighted by molar-refractivity contribution is -0.107. The van der Waals surface area contributed by atoms with Crippen LogP contribution in [0.5, 0.6) is 11.5 Å². The maximum atomic E-state index is 10.9. The lowest BCUT2D eigenvalue weighted by Gasteiger charge is -2.11. The minimum absolute atomic E-state index is 0.512. The first-order valence-electron chi connectivity index (χ1n) is 9.26. The molecule has 1 amide bonds. The highest BCUT2D eigenvalue weighted by Crippen LogP contribution is 2.29. The number of halogens is 1. The number of aromatic nitrogens is 3. The van der Waals surface area contributed by atoms with E-state index >= 15 is 0 Å². The number of anilines is 3.